The molecular formula is C26H23Cl2FN10O4. The van der Waals surface area contributed by atoms with Crippen LogP contribution in [0, 0.1) is 11.7 Å². The standard InChI is InChI=1S/C26H23Cl2FN10O4/c27-26(28)20(21(40)35-14-2-3-15(29)12(9-14)11-34-22(32)41)25(26,33)13-1-4-16(38-7-5-18(30)36-23(38)42)17(10-13)39-8-6-19(31)37-24(39)43/h1-10,20H,11,33H2,(H,35,40)(H2,30,36,42)(H2,31,37,43)(H3,32,34,41)/t20-,25+/m0/s1. The maximum absolute atomic E-state index is 14.2. The first kappa shape index (κ1) is 29.5. The van der Waals surface area contributed by atoms with Crippen molar-refractivity contribution in [2.45, 2.75) is 16.4 Å². The van der Waals surface area contributed by atoms with Gasteiger partial charge in [-0.3, -0.25) is 13.9 Å². The molecule has 0 radical (unpaired) electrons. The highest BCUT2D eigenvalue weighted by atomic mass is 35.5. The molecule has 0 unspecified atom stereocenters. The van der Waals surface area contributed by atoms with Crippen LogP contribution in [0.2, 0.25) is 0 Å². The Labute approximate surface area is 251 Å². The van der Waals surface area contributed by atoms with Gasteiger partial charge in [0.1, 0.15) is 17.5 Å². The normalized spacial score (nSPS) is 18.6. The molecule has 0 bridgehead atoms. The van der Waals surface area contributed by atoms with Crippen LogP contribution in [0.1, 0.15) is 11.1 Å². The molecule has 17 heteroatoms. The number of nitrogens with zero attached hydrogens (tertiary/aromatic N) is 4. The number of alkyl halides is 2. The average molecular weight is 629 g/mol. The number of carbonyl (C=O) groups excluding carboxylic acids is 2. The predicted molar refractivity (Wildman–Crippen MR) is 157 cm³/mol. The Bertz CT molecular complexity index is 1910. The second-order valence-electron chi connectivity index (χ2n) is 9.65. The van der Waals surface area contributed by atoms with Gasteiger partial charge in [0.2, 0.25) is 5.91 Å². The van der Waals surface area contributed by atoms with Crippen LogP contribution < -0.4 is 44.9 Å². The van der Waals surface area contributed by atoms with E-state index in [1.807, 2.05) is 0 Å². The van der Waals surface area contributed by atoms with E-state index in [0.717, 1.165) is 15.2 Å². The fourth-order valence-corrected chi connectivity index (χ4v) is 5.59. The minimum Gasteiger partial charge on any atom is -0.383 e. The average Bonchev–Trinajstić information content (AvgIpc) is 3.41. The van der Waals surface area contributed by atoms with Gasteiger partial charge in [-0.05, 0) is 48.0 Å². The highest BCUT2D eigenvalue weighted by Crippen LogP contribution is 2.66. The highest BCUT2D eigenvalue weighted by molar-refractivity contribution is 6.54. The summed E-state index contributed by atoms with van der Waals surface area (Å²) in [7, 11) is 0. The maximum atomic E-state index is 14.2. The van der Waals surface area contributed by atoms with Crippen LogP contribution in [0.15, 0.2) is 70.5 Å². The summed E-state index contributed by atoms with van der Waals surface area (Å²) in [6, 6.07) is 10.0. The van der Waals surface area contributed by atoms with Gasteiger partial charge in [-0.25, -0.2) is 18.8 Å². The molecule has 10 N–H and O–H groups in total. The number of primary amides is 1. The monoisotopic (exact) mass is 628 g/mol. The molecule has 2 heterocycles. The molecular weight excluding hydrogens is 606 g/mol. The van der Waals surface area contributed by atoms with Crippen molar-refractivity contribution >= 4 is 52.5 Å². The van der Waals surface area contributed by atoms with Crippen LogP contribution in [-0.4, -0.2) is 35.4 Å². The van der Waals surface area contributed by atoms with E-state index < -0.39 is 44.9 Å². The van der Waals surface area contributed by atoms with E-state index in [4.69, 9.17) is 46.1 Å². The Morgan fingerprint density at radius 2 is 1.53 bits per heavy atom. The number of nitrogens with two attached hydrogens (primary N) is 4. The quantitative estimate of drug-likeness (QED) is 0.159. The van der Waals surface area contributed by atoms with Crippen molar-refractivity contribution in [3.63, 3.8) is 0 Å². The van der Waals surface area contributed by atoms with Crippen LogP contribution in [0.5, 0.6) is 0 Å². The number of halogens is 3. The van der Waals surface area contributed by atoms with Crippen LogP contribution >= 0.6 is 23.2 Å². The van der Waals surface area contributed by atoms with Crippen molar-refractivity contribution in [3.8, 4) is 11.4 Å². The number of urea groups is 1. The topological polar surface area (TPSA) is 232 Å². The number of hydrogen-bond donors (Lipinski definition) is 6. The highest BCUT2D eigenvalue weighted by Gasteiger charge is 2.78. The van der Waals surface area contributed by atoms with E-state index in [9.17, 15) is 23.6 Å². The molecule has 2 aromatic heterocycles. The van der Waals surface area contributed by atoms with Gasteiger partial charge in [0.15, 0.2) is 4.33 Å². The third-order valence-corrected chi connectivity index (χ3v) is 8.00. The lowest BCUT2D eigenvalue weighted by atomic mass is 10.0. The first-order chi connectivity index (χ1) is 20.2. The number of carbonyl (C=O) groups is 2. The summed E-state index contributed by atoms with van der Waals surface area (Å²) in [6.07, 6.45) is 2.71. The Kier molecular flexibility index (Phi) is 7.33. The summed E-state index contributed by atoms with van der Waals surface area (Å²) in [5, 5.41) is 4.88. The molecule has 1 saturated carbocycles. The van der Waals surface area contributed by atoms with Gasteiger partial charge in [0.05, 0.1) is 22.8 Å². The van der Waals surface area contributed by atoms with Crippen molar-refractivity contribution in [1.82, 2.24) is 24.4 Å². The minimum absolute atomic E-state index is 0.00930. The molecule has 43 heavy (non-hydrogen) atoms. The smallest absolute Gasteiger partial charge is 0.354 e. The van der Waals surface area contributed by atoms with E-state index in [1.54, 1.807) is 0 Å². The van der Waals surface area contributed by atoms with E-state index in [-0.39, 0.29) is 46.4 Å². The number of anilines is 3. The summed E-state index contributed by atoms with van der Waals surface area (Å²) in [5.41, 5.74) is 20.6. The summed E-state index contributed by atoms with van der Waals surface area (Å²) in [4.78, 5) is 57.4. The molecule has 0 aliphatic heterocycles. The lowest BCUT2D eigenvalue weighted by molar-refractivity contribution is -0.117. The van der Waals surface area contributed by atoms with Crippen molar-refractivity contribution in [2.75, 3.05) is 16.8 Å². The van der Waals surface area contributed by atoms with Crippen molar-refractivity contribution in [1.29, 1.82) is 0 Å². The fourth-order valence-electron chi connectivity index (χ4n) is 4.72. The molecule has 3 amide bonds. The van der Waals surface area contributed by atoms with Crippen LogP contribution in [0.4, 0.5) is 26.5 Å². The molecule has 222 valence electrons. The summed E-state index contributed by atoms with van der Waals surface area (Å²) < 4.78 is 14.6. The number of hydrogen-bond acceptors (Lipinski definition) is 9. The SMILES string of the molecule is NC(=O)NCc1cc(NC(=O)[C@@H]2C(Cl)(Cl)[C@@]2(N)c2ccc(-n3ccc(N)nc3=O)c(-n3ccc(N)nc3=O)c2)ccc1F. The Hall–Kier alpha value is -4.99. The summed E-state index contributed by atoms with van der Waals surface area (Å²) >= 11 is 13.2. The second kappa shape index (κ2) is 10.7. The van der Waals surface area contributed by atoms with Gasteiger partial charge in [-0.2, -0.15) is 9.97 Å². The Morgan fingerprint density at radius 3 is 2.12 bits per heavy atom. The molecule has 14 nitrogen and oxygen atoms in total. The second-order valence-corrected chi connectivity index (χ2v) is 11.0. The molecule has 5 rings (SSSR count). The summed E-state index contributed by atoms with van der Waals surface area (Å²) in [5.74, 6) is -2.59. The van der Waals surface area contributed by atoms with Gasteiger partial charge in [0, 0.05) is 30.2 Å². The number of nitrogen functional groups attached to an aromatic ring is 2. The van der Waals surface area contributed by atoms with E-state index in [0.29, 0.717) is 0 Å². The zero-order valence-electron chi connectivity index (χ0n) is 21.9. The zero-order chi connectivity index (χ0) is 31.3. The largest absolute Gasteiger partial charge is 0.383 e. The lowest BCUT2D eigenvalue weighted by Crippen LogP contribution is -2.31. The Balaban J connectivity index is 1.54. The maximum Gasteiger partial charge on any atom is 0.354 e. The van der Waals surface area contributed by atoms with Crippen LogP contribution in [-0.2, 0) is 16.9 Å². The number of rotatable bonds is 7. The Morgan fingerprint density at radius 1 is 0.930 bits per heavy atom. The number of amides is 3. The number of aromatic nitrogens is 4. The molecule has 2 aromatic carbocycles. The van der Waals surface area contributed by atoms with Crippen molar-refractivity contribution in [2.24, 2.45) is 17.4 Å². The molecule has 0 spiro atoms. The molecule has 4 aromatic rings. The third-order valence-electron chi connectivity index (χ3n) is 6.94. The number of nitrogens with one attached hydrogen (secondary N) is 2. The first-order valence-corrected chi connectivity index (χ1v) is 13.1. The molecule has 2 atom stereocenters. The molecule has 1 aliphatic rings. The molecule has 0 saturated heterocycles. The lowest BCUT2D eigenvalue weighted by Gasteiger charge is -2.19. The van der Waals surface area contributed by atoms with E-state index >= 15 is 0 Å². The fraction of sp³-hybridized carbons (Fsp3) is 0.154. The van der Waals surface area contributed by atoms with Gasteiger partial charge >= 0.3 is 17.4 Å². The van der Waals surface area contributed by atoms with Gasteiger partial charge in [-0.1, -0.05) is 29.3 Å². The predicted octanol–water partition coefficient (Wildman–Crippen LogP) is 0.847. The van der Waals surface area contributed by atoms with Crippen molar-refractivity contribution < 1.29 is 14.0 Å². The van der Waals surface area contributed by atoms with Gasteiger partial charge < -0.3 is 33.6 Å². The van der Waals surface area contributed by atoms with Gasteiger partial charge in [0.25, 0.3) is 0 Å². The minimum atomic E-state index is -1.82. The zero-order valence-corrected chi connectivity index (χ0v) is 23.4. The number of benzene rings is 2. The first-order valence-electron chi connectivity index (χ1n) is 12.4. The molecule has 1 fully saturated rings. The molecule has 1 aliphatic carbocycles. The van der Waals surface area contributed by atoms with E-state index in [2.05, 4.69) is 20.6 Å². The van der Waals surface area contributed by atoms with Crippen molar-refractivity contribution in [3.05, 3.63) is 98.8 Å². The summed E-state index contributed by atoms with van der Waals surface area (Å²) in [6.45, 7) is -0.217. The van der Waals surface area contributed by atoms with Gasteiger partial charge in [-0.15, -0.1) is 0 Å². The van der Waals surface area contributed by atoms with Crippen LogP contribution in [0.25, 0.3) is 11.4 Å². The third kappa shape index (κ3) is 5.24. The van der Waals surface area contributed by atoms with Crippen LogP contribution in [0.3, 0.4) is 0 Å². The van der Waals surface area contributed by atoms with E-state index in [1.165, 1.54) is 54.9 Å².